The molecule has 0 atom stereocenters. The molecule has 20 heavy (non-hydrogen) atoms. The molecule has 0 amide bonds. The number of anilines is 1. The highest BCUT2D eigenvalue weighted by Crippen LogP contribution is 2.19. The zero-order valence-corrected chi connectivity index (χ0v) is 11.8. The van der Waals surface area contributed by atoms with E-state index in [1.54, 1.807) is 12.1 Å². The van der Waals surface area contributed by atoms with Crippen LogP contribution in [0.3, 0.4) is 0 Å². The molecule has 3 nitrogen and oxygen atoms in total. The van der Waals surface area contributed by atoms with E-state index in [0.29, 0.717) is 22.9 Å². The van der Waals surface area contributed by atoms with Crippen molar-refractivity contribution in [2.45, 2.75) is 12.8 Å². The van der Waals surface area contributed by atoms with Crippen LogP contribution in [0, 0.1) is 0 Å². The Hall–Kier alpha value is -2.00. The van der Waals surface area contributed by atoms with Gasteiger partial charge in [0.15, 0.2) is 0 Å². The van der Waals surface area contributed by atoms with E-state index < -0.39 is 0 Å². The van der Waals surface area contributed by atoms with Crippen molar-refractivity contribution in [2.24, 2.45) is 0 Å². The topological polar surface area (TPSA) is 52.3 Å². The number of esters is 1. The third-order valence-corrected chi connectivity index (χ3v) is 3.26. The lowest BCUT2D eigenvalue weighted by atomic mass is 10.1. The van der Waals surface area contributed by atoms with Gasteiger partial charge in [-0.3, -0.25) is 0 Å². The van der Waals surface area contributed by atoms with E-state index in [1.165, 1.54) is 11.6 Å². The fourth-order valence-electron chi connectivity index (χ4n) is 1.84. The van der Waals surface area contributed by atoms with Crippen LogP contribution in [0.15, 0.2) is 48.5 Å². The molecule has 0 heterocycles. The van der Waals surface area contributed by atoms with E-state index >= 15 is 0 Å². The fourth-order valence-corrected chi connectivity index (χ4v) is 1.96. The van der Waals surface area contributed by atoms with Crippen LogP contribution >= 0.6 is 11.6 Å². The van der Waals surface area contributed by atoms with Gasteiger partial charge >= 0.3 is 5.97 Å². The summed E-state index contributed by atoms with van der Waals surface area (Å²) in [4.78, 5) is 11.8. The Morgan fingerprint density at radius 2 is 1.90 bits per heavy atom. The van der Waals surface area contributed by atoms with Gasteiger partial charge in [-0.05, 0) is 36.6 Å². The first-order valence-electron chi connectivity index (χ1n) is 6.43. The average molecular weight is 290 g/mol. The predicted molar refractivity (Wildman–Crippen MR) is 80.9 cm³/mol. The predicted octanol–water partition coefficient (Wildman–Crippen LogP) is 3.71. The summed E-state index contributed by atoms with van der Waals surface area (Å²) in [5, 5.41) is 0.436. The lowest BCUT2D eigenvalue weighted by Crippen LogP contribution is -2.07. The molecule has 0 fully saturated rings. The first kappa shape index (κ1) is 14.4. The summed E-state index contributed by atoms with van der Waals surface area (Å²) in [6, 6.07) is 14.8. The molecule has 0 spiro atoms. The van der Waals surface area contributed by atoms with Crippen molar-refractivity contribution in [1.29, 1.82) is 0 Å². The van der Waals surface area contributed by atoms with Crippen LogP contribution in [-0.2, 0) is 11.2 Å². The van der Waals surface area contributed by atoms with E-state index in [9.17, 15) is 4.79 Å². The lowest BCUT2D eigenvalue weighted by molar-refractivity contribution is 0.0500. The Labute approximate surface area is 123 Å². The largest absolute Gasteiger partial charge is 0.462 e. The molecule has 0 aliphatic rings. The molecule has 2 aromatic rings. The number of hydrogen-bond donors (Lipinski definition) is 1. The third kappa shape index (κ3) is 4.00. The number of carbonyl (C=O) groups is 1. The van der Waals surface area contributed by atoms with E-state index in [2.05, 4.69) is 12.1 Å². The van der Waals surface area contributed by atoms with Crippen molar-refractivity contribution >= 4 is 23.3 Å². The molecule has 0 aromatic heterocycles. The number of nitrogens with two attached hydrogens (primary N) is 1. The minimum atomic E-state index is -0.374. The SMILES string of the molecule is Nc1cc(C(=O)OCCCc2ccccc2)ccc1Cl. The molecule has 0 saturated carbocycles. The molecule has 0 radical (unpaired) electrons. The molecule has 4 heteroatoms. The van der Waals surface area contributed by atoms with Crippen LogP contribution in [0.5, 0.6) is 0 Å². The maximum Gasteiger partial charge on any atom is 0.338 e. The van der Waals surface area contributed by atoms with Gasteiger partial charge in [-0.1, -0.05) is 41.9 Å². The van der Waals surface area contributed by atoms with Gasteiger partial charge in [-0.25, -0.2) is 4.79 Å². The first-order chi connectivity index (χ1) is 9.66. The molecular weight excluding hydrogens is 274 g/mol. The maximum atomic E-state index is 11.8. The van der Waals surface area contributed by atoms with Gasteiger partial charge in [0.2, 0.25) is 0 Å². The van der Waals surface area contributed by atoms with Crippen LogP contribution in [-0.4, -0.2) is 12.6 Å². The Bertz CT molecular complexity index is 584. The zero-order chi connectivity index (χ0) is 14.4. The lowest BCUT2D eigenvalue weighted by Gasteiger charge is -2.06. The summed E-state index contributed by atoms with van der Waals surface area (Å²) in [5.74, 6) is -0.374. The van der Waals surface area contributed by atoms with Crippen molar-refractivity contribution in [1.82, 2.24) is 0 Å². The average Bonchev–Trinajstić information content (AvgIpc) is 2.47. The van der Waals surface area contributed by atoms with Gasteiger partial charge in [-0.15, -0.1) is 0 Å². The second-order valence-electron chi connectivity index (χ2n) is 4.46. The van der Waals surface area contributed by atoms with Crippen molar-refractivity contribution in [3.05, 3.63) is 64.7 Å². The van der Waals surface area contributed by atoms with Crippen LogP contribution in [0.2, 0.25) is 5.02 Å². The number of hydrogen-bond acceptors (Lipinski definition) is 3. The number of benzene rings is 2. The summed E-state index contributed by atoms with van der Waals surface area (Å²) in [5.41, 5.74) is 7.69. The first-order valence-corrected chi connectivity index (χ1v) is 6.80. The van der Waals surface area contributed by atoms with E-state index in [-0.39, 0.29) is 5.97 Å². The van der Waals surface area contributed by atoms with Crippen LogP contribution < -0.4 is 5.73 Å². The number of ether oxygens (including phenoxy) is 1. The third-order valence-electron chi connectivity index (χ3n) is 2.92. The van der Waals surface area contributed by atoms with Crippen LogP contribution in [0.25, 0.3) is 0 Å². The molecule has 0 bridgehead atoms. The van der Waals surface area contributed by atoms with Crippen molar-refractivity contribution in [2.75, 3.05) is 12.3 Å². The van der Waals surface area contributed by atoms with Gasteiger partial charge in [0.25, 0.3) is 0 Å². The number of nitrogen functional groups attached to an aromatic ring is 1. The summed E-state index contributed by atoms with van der Waals surface area (Å²) in [7, 11) is 0. The maximum absolute atomic E-state index is 11.8. The van der Waals surface area contributed by atoms with Crippen LogP contribution in [0.4, 0.5) is 5.69 Å². The smallest absolute Gasteiger partial charge is 0.338 e. The molecule has 0 aliphatic heterocycles. The molecule has 2 N–H and O–H groups in total. The second-order valence-corrected chi connectivity index (χ2v) is 4.87. The summed E-state index contributed by atoms with van der Waals surface area (Å²) in [6.07, 6.45) is 1.68. The van der Waals surface area contributed by atoms with Crippen LogP contribution in [0.1, 0.15) is 22.3 Å². The highest BCUT2D eigenvalue weighted by molar-refractivity contribution is 6.33. The zero-order valence-electron chi connectivity index (χ0n) is 11.0. The molecule has 0 saturated heterocycles. The number of rotatable bonds is 5. The van der Waals surface area contributed by atoms with E-state index in [4.69, 9.17) is 22.1 Å². The Kier molecular flexibility index (Phi) is 5.02. The van der Waals surface area contributed by atoms with Gasteiger partial charge in [0.05, 0.1) is 22.9 Å². The Morgan fingerprint density at radius 3 is 2.60 bits per heavy atom. The molecule has 2 rings (SSSR count). The Balaban J connectivity index is 1.79. The monoisotopic (exact) mass is 289 g/mol. The summed E-state index contributed by atoms with van der Waals surface area (Å²) in [6.45, 7) is 0.385. The summed E-state index contributed by atoms with van der Waals surface area (Å²) < 4.78 is 5.21. The molecule has 0 aliphatic carbocycles. The van der Waals surface area contributed by atoms with E-state index in [1.807, 2.05) is 18.2 Å². The van der Waals surface area contributed by atoms with Gasteiger partial charge < -0.3 is 10.5 Å². The highest BCUT2D eigenvalue weighted by atomic mass is 35.5. The normalized spacial score (nSPS) is 10.2. The number of carbonyl (C=O) groups excluding carboxylic acids is 1. The van der Waals surface area contributed by atoms with Gasteiger partial charge in [0.1, 0.15) is 0 Å². The van der Waals surface area contributed by atoms with Crippen molar-refractivity contribution in [3.63, 3.8) is 0 Å². The fraction of sp³-hybridized carbons (Fsp3) is 0.188. The quantitative estimate of drug-likeness (QED) is 0.518. The van der Waals surface area contributed by atoms with Gasteiger partial charge in [-0.2, -0.15) is 0 Å². The molecule has 0 unspecified atom stereocenters. The summed E-state index contributed by atoms with van der Waals surface area (Å²) >= 11 is 5.80. The second kappa shape index (κ2) is 6.96. The minimum absolute atomic E-state index is 0.374. The highest BCUT2D eigenvalue weighted by Gasteiger charge is 2.08. The Morgan fingerprint density at radius 1 is 1.15 bits per heavy atom. The molecule has 2 aromatic carbocycles. The van der Waals surface area contributed by atoms with E-state index in [0.717, 1.165) is 12.8 Å². The molecular formula is C16H16ClNO2. The van der Waals surface area contributed by atoms with Crippen molar-refractivity contribution in [3.8, 4) is 0 Å². The standard InChI is InChI=1S/C16H16ClNO2/c17-14-9-8-13(11-15(14)18)16(19)20-10-4-7-12-5-2-1-3-6-12/h1-3,5-6,8-9,11H,4,7,10,18H2. The van der Waals surface area contributed by atoms with Crippen molar-refractivity contribution < 1.29 is 9.53 Å². The number of halogens is 1. The van der Waals surface area contributed by atoms with Gasteiger partial charge in [0, 0.05) is 0 Å². The molecule has 104 valence electrons. The number of aryl methyl sites for hydroxylation is 1. The minimum Gasteiger partial charge on any atom is -0.462 e.